The first-order valence-corrected chi connectivity index (χ1v) is 5.67. The third kappa shape index (κ3) is 3.45. The summed E-state index contributed by atoms with van der Waals surface area (Å²) in [5, 5.41) is 11.7. The summed E-state index contributed by atoms with van der Waals surface area (Å²) in [6.07, 6.45) is 0.0538. The quantitative estimate of drug-likeness (QED) is 0.741. The summed E-state index contributed by atoms with van der Waals surface area (Å²) in [5.74, 6) is -0.859. The largest absolute Gasteiger partial charge is 0.508 e. The standard InChI is InChI=1S/C14H13FN2O2/c15-12-8-10(16)4-5-13(12)17-14(19)7-9-2-1-3-11(18)6-9/h1-6,8,18H,7,16H2,(H,17,19). The van der Waals surface area contributed by atoms with Crippen molar-refractivity contribution in [2.24, 2.45) is 0 Å². The number of nitrogens with two attached hydrogens (primary N) is 1. The molecule has 0 aliphatic carbocycles. The maximum absolute atomic E-state index is 13.5. The number of nitrogen functional groups attached to an aromatic ring is 1. The number of benzene rings is 2. The first kappa shape index (κ1) is 12.9. The van der Waals surface area contributed by atoms with Crippen LogP contribution in [0.25, 0.3) is 0 Å². The average molecular weight is 260 g/mol. The normalized spacial score (nSPS) is 10.2. The Labute approximate surface area is 109 Å². The Morgan fingerprint density at radius 1 is 1.26 bits per heavy atom. The molecule has 0 spiro atoms. The summed E-state index contributed by atoms with van der Waals surface area (Å²) in [6, 6.07) is 10.4. The van der Waals surface area contributed by atoms with Crippen molar-refractivity contribution in [3.8, 4) is 5.75 Å². The van der Waals surface area contributed by atoms with E-state index in [1.807, 2.05) is 0 Å². The zero-order valence-electron chi connectivity index (χ0n) is 10.1. The first-order chi connectivity index (χ1) is 9.04. The smallest absolute Gasteiger partial charge is 0.228 e. The van der Waals surface area contributed by atoms with Crippen molar-refractivity contribution in [2.45, 2.75) is 6.42 Å². The molecule has 0 aliphatic rings. The molecule has 4 N–H and O–H groups in total. The zero-order valence-corrected chi connectivity index (χ0v) is 10.1. The minimum absolute atomic E-state index is 0.0538. The number of amides is 1. The van der Waals surface area contributed by atoms with Gasteiger partial charge in [-0.25, -0.2) is 4.39 Å². The van der Waals surface area contributed by atoms with Crippen LogP contribution in [0.2, 0.25) is 0 Å². The van der Waals surface area contributed by atoms with Crippen molar-refractivity contribution in [1.82, 2.24) is 0 Å². The second-order valence-electron chi connectivity index (χ2n) is 4.13. The highest BCUT2D eigenvalue weighted by Gasteiger charge is 2.08. The number of hydrogen-bond acceptors (Lipinski definition) is 3. The van der Waals surface area contributed by atoms with E-state index in [-0.39, 0.29) is 23.8 Å². The summed E-state index contributed by atoms with van der Waals surface area (Å²) in [7, 11) is 0. The van der Waals surface area contributed by atoms with Crippen LogP contribution in [0.3, 0.4) is 0 Å². The molecule has 0 aromatic heterocycles. The number of phenolic OH excluding ortho intramolecular Hbond substituents is 1. The van der Waals surface area contributed by atoms with Gasteiger partial charge in [0.15, 0.2) is 0 Å². The Hall–Kier alpha value is -2.56. The van der Waals surface area contributed by atoms with Gasteiger partial charge in [-0.1, -0.05) is 12.1 Å². The SMILES string of the molecule is Nc1ccc(NC(=O)Cc2cccc(O)c2)c(F)c1. The van der Waals surface area contributed by atoms with Crippen molar-refractivity contribution in [3.05, 3.63) is 53.8 Å². The van der Waals surface area contributed by atoms with E-state index in [0.29, 0.717) is 11.3 Å². The second-order valence-corrected chi connectivity index (χ2v) is 4.13. The number of aromatic hydroxyl groups is 1. The Morgan fingerprint density at radius 2 is 2.05 bits per heavy atom. The number of anilines is 2. The molecule has 2 aromatic carbocycles. The second kappa shape index (κ2) is 5.39. The number of halogens is 1. The topological polar surface area (TPSA) is 75.3 Å². The lowest BCUT2D eigenvalue weighted by Gasteiger charge is -2.07. The third-order valence-corrected chi connectivity index (χ3v) is 2.54. The molecule has 5 heteroatoms. The van der Waals surface area contributed by atoms with E-state index in [2.05, 4.69) is 5.32 Å². The highest BCUT2D eigenvalue weighted by Crippen LogP contribution is 2.17. The van der Waals surface area contributed by atoms with Crippen LogP contribution in [-0.4, -0.2) is 11.0 Å². The molecule has 2 aromatic rings. The van der Waals surface area contributed by atoms with Gasteiger partial charge in [0.25, 0.3) is 0 Å². The van der Waals surface area contributed by atoms with Crippen LogP contribution in [0.1, 0.15) is 5.56 Å². The number of hydrogen-bond donors (Lipinski definition) is 3. The van der Waals surface area contributed by atoms with E-state index in [4.69, 9.17) is 5.73 Å². The molecular weight excluding hydrogens is 247 g/mol. The fourth-order valence-electron chi connectivity index (χ4n) is 1.68. The molecule has 98 valence electrons. The van der Waals surface area contributed by atoms with Crippen molar-refractivity contribution >= 4 is 17.3 Å². The van der Waals surface area contributed by atoms with Gasteiger partial charge in [-0.15, -0.1) is 0 Å². The van der Waals surface area contributed by atoms with Crippen molar-refractivity contribution in [3.63, 3.8) is 0 Å². The van der Waals surface area contributed by atoms with E-state index in [1.165, 1.54) is 24.3 Å². The first-order valence-electron chi connectivity index (χ1n) is 5.67. The molecular formula is C14H13FN2O2. The number of carbonyl (C=O) groups excluding carboxylic acids is 1. The molecule has 0 radical (unpaired) electrons. The summed E-state index contributed by atoms with van der Waals surface area (Å²) in [5.41, 5.74) is 6.44. The molecule has 1 amide bonds. The Kier molecular flexibility index (Phi) is 3.66. The van der Waals surface area contributed by atoms with Gasteiger partial charge in [0, 0.05) is 5.69 Å². The maximum atomic E-state index is 13.5. The molecule has 0 unspecified atom stereocenters. The van der Waals surface area contributed by atoms with Crippen molar-refractivity contribution in [1.29, 1.82) is 0 Å². The number of rotatable bonds is 3. The number of carbonyl (C=O) groups is 1. The van der Waals surface area contributed by atoms with E-state index < -0.39 is 5.82 Å². The van der Waals surface area contributed by atoms with Gasteiger partial charge in [0.2, 0.25) is 5.91 Å². The molecule has 0 aliphatic heterocycles. The minimum atomic E-state index is -0.579. The van der Waals surface area contributed by atoms with Crippen LogP contribution in [0.4, 0.5) is 15.8 Å². The van der Waals surface area contributed by atoms with E-state index in [9.17, 15) is 14.3 Å². The van der Waals surface area contributed by atoms with Crippen LogP contribution >= 0.6 is 0 Å². The predicted molar refractivity (Wildman–Crippen MR) is 71.3 cm³/mol. The van der Waals surface area contributed by atoms with Gasteiger partial charge in [-0.2, -0.15) is 0 Å². The van der Waals surface area contributed by atoms with Gasteiger partial charge >= 0.3 is 0 Å². The molecule has 0 bridgehead atoms. The molecule has 0 saturated carbocycles. The molecule has 0 heterocycles. The Bertz CT molecular complexity index is 614. The Balaban J connectivity index is 2.05. The zero-order chi connectivity index (χ0) is 13.8. The molecule has 19 heavy (non-hydrogen) atoms. The van der Waals surface area contributed by atoms with Crippen molar-refractivity contribution < 1.29 is 14.3 Å². The number of phenols is 1. The van der Waals surface area contributed by atoms with E-state index in [1.54, 1.807) is 12.1 Å². The summed E-state index contributed by atoms with van der Waals surface area (Å²) < 4.78 is 13.5. The van der Waals surface area contributed by atoms with Gasteiger partial charge in [0.05, 0.1) is 12.1 Å². The van der Waals surface area contributed by atoms with Crippen LogP contribution in [0, 0.1) is 5.82 Å². The van der Waals surface area contributed by atoms with Gasteiger partial charge in [0.1, 0.15) is 11.6 Å². The van der Waals surface area contributed by atoms with E-state index >= 15 is 0 Å². The number of nitrogens with one attached hydrogen (secondary N) is 1. The highest BCUT2D eigenvalue weighted by atomic mass is 19.1. The molecule has 0 saturated heterocycles. The average Bonchev–Trinajstić information content (AvgIpc) is 2.33. The summed E-state index contributed by atoms with van der Waals surface area (Å²) in [6.45, 7) is 0. The van der Waals surface area contributed by atoms with Crippen LogP contribution in [-0.2, 0) is 11.2 Å². The summed E-state index contributed by atoms with van der Waals surface area (Å²) >= 11 is 0. The molecule has 0 atom stereocenters. The van der Waals surface area contributed by atoms with Crippen LogP contribution < -0.4 is 11.1 Å². The molecule has 4 nitrogen and oxygen atoms in total. The minimum Gasteiger partial charge on any atom is -0.508 e. The van der Waals surface area contributed by atoms with Gasteiger partial charge < -0.3 is 16.2 Å². The fourth-order valence-corrected chi connectivity index (χ4v) is 1.68. The maximum Gasteiger partial charge on any atom is 0.228 e. The lowest BCUT2D eigenvalue weighted by molar-refractivity contribution is -0.115. The fraction of sp³-hybridized carbons (Fsp3) is 0.0714. The third-order valence-electron chi connectivity index (χ3n) is 2.54. The van der Waals surface area contributed by atoms with Crippen LogP contribution in [0.15, 0.2) is 42.5 Å². The molecule has 0 fully saturated rings. The Morgan fingerprint density at radius 3 is 2.74 bits per heavy atom. The predicted octanol–water partition coefficient (Wildman–Crippen LogP) is 2.29. The lowest BCUT2D eigenvalue weighted by Crippen LogP contribution is -2.15. The van der Waals surface area contributed by atoms with Crippen molar-refractivity contribution in [2.75, 3.05) is 11.1 Å². The van der Waals surface area contributed by atoms with E-state index in [0.717, 1.165) is 6.07 Å². The van der Waals surface area contributed by atoms with Gasteiger partial charge in [-0.05, 0) is 35.9 Å². The highest BCUT2D eigenvalue weighted by molar-refractivity contribution is 5.92. The monoisotopic (exact) mass is 260 g/mol. The van der Waals surface area contributed by atoms with Crippen LogP contribution in [0.5, 0.6) is 5.75 Å². The molecule has 2 rings (SSSR count). The lowest BCUT2D eigenvalue weighted by atomic mass is 10.1. The summed E-state index contributed by atoms with van der Waals surface area (Å²) in [4.78, 5) is 11.7. The van der Waals surface area contributed by atoms with Gasteiger partial charge in [-0.3, -0.25) is 4.79 Å².